The Morgan fingerprint density at radius 2 is 2.12 bits per heavy atom. The number of hydrogen-bond donors (Lipinski definition) is 4. The zero-order valence-corrected chi connectivity index (χ0v) is 15.0. The summed E-state index contributed by atoms with van der Waals surface area (Å²) in [6, 6.07) is 1.42. The van der Waals surface area contributed by atoms with Crippen molar-refractivity contribution in [3.63, 3.8) is 0 Å². The Kier molecular flexibility index (Phi) is 5.97. The van der Waals surface area contributed by atoms with Gasteiger partial charge in [0.05, 0.1) is 5.41 Å². The van der Waals surface area contributed by atoms with Gasteiger partial charge in [-0.3, -0.25) is 14.6 Å². The number of carboxylic acid groups (broad SMARTS) is 1. The highest BCUT2D eigenvalue weighted by atomic mass is 16.4. The normalized spacial score (nSPS) is 15.3. The third-order valence-electron chi connectivity index (χ3n) is 4.27. The number of aliphatic imine (C=N–C) groups is 1. The molecule has 0 bridgehead atoms. The highest BCUT2D eigenvalue weighted by Crippen LogP contribution is 2.25. The number of nitrogens with two attached hydrogens (primary N) is 1. The van der Waals surface area contributed by atoms with Gasteiger partial charge in [-0.1, -0.05) is 0 Å². The lowest BCUT2D eigenvalue weighted by molar-refractivity contribution is -0.146. The molecule has 0 spiro atoms. The molecule has 0 atom stereocenters. The molecule has 0 aromatic carbocycles. The van der Waals surface area contributed by atoms with Crippen molar-refractivity contribution in [2.45, 2.75) is 33.1 Å². The van der Waals surface area contributed by atoms with E-state index in [1.54, 1.807) is 0 Å². The second-order valence-electron chi connectivity index (χ2n) is 6.83. The Morgan fingerprint density at radius 1 is 1.38 bits per heavy atom. The molecule has 5 N–H and O–H groups in total. The fourth-order valence-electron chi connectivity index (χ4n) is 2.51. The molecule has 0 radical (unpaired) electrons. The molecule has 1 aromatic heterocycles. The van der Waals surface area contributed by atoms with Crippen LogP contribution < -0.4 is 11.1 Å². The first kappa shape index (κ1) is 19.4. The predicted molar refractivity (Wildman–Crippen MR) is 98.0 cm³/mol. The van der Waals surface area contributed by atoms with Gasteiger partial charge in [0.25, 0.3) is 5.91 Å². The molecule has 1 aliphatic heterocycles. The number of pyridine rings is 1. The summed E-state index contributed by atoms with van der Waals surface area (Å²) in [4.78, 5) is 31.8. The predicted octanol–water partition coefficient (Wildman–Crippen LogP) is 1.55. The maximum absolute atomic E-state index is 12.2. The number of hydrogen-bond acceptors (Lipinski definition) is 6. The summed E-state index contributed by atoms with van der Waals surface area (Å²) in [6.45, 7) is 3.64. The number of aromatic hydroxyl groups is 1. The number of amides is 1. The van der Waals surface area contributed by atoms with E-state index >= 15 is 0 Å². The van der Waals surface area contributed by atoms with Crippen molar-refractivity contribution in [3.05, 3.63) is 29.7 Å². The molecule has 140 valence electrons. The topological polar surface area (TPSA) is 138 Å². The number of nitrogens with zero attached hydrogens (tertiary/aromatic N) is 2. The number of allylic oxidation sites excluding steroid dienone is 1. The van der Waals surface area contributed by atoms with Gasteiger partial charge in [0.1, 0.15) is 5.75 Å². The Hall–Kier alpha value is -2.90. The van der Waals surface area contributed by atoms with Crippen molar-refractivity contribution in [3.8, 4) is 5.75 Å². The van der Waals surface area contributed by atoms with E-state index in [1.807, 2.05) is 0 Å². The molecule has 2 rings (SSSR count). The van der Waals surface area contributed by atoms with Gasteiger partial charge in [0, 0.05) is 42.3 Å². The van der Waals surface area contributed by atoms with E-state index in [0.29, 0.717) is 11.1 Å². The summed E-state index contributed by atoms with van der Waals surface area (Å²) in [5.41, 5.74) is 6.55. The minimum absolute atomic E-state index is 0.0885. The standard InChI is InChI=1S/C18H24N4O4/c1-18(2,17(25)26)10-22-16(24)15-14(23)7-11(9-21-15)12(8-19)13-5-3-4-6-20-13/h7-9,23H,3-6,10,19H2,1-2H3,(H,22,24)(H,25,26)/b12-8-. The summed E-state index contributed by atoms with van der Waals surface area (Å²) >= 11 is 0. The second-order valence-corrected chi connectivity index (χ2v) is 6.83. The molecule has 0 unspecified atom stereocenters. The maximum Gasteiger partial charge on any atom is 0.310 e. The number of aliphatic carboxylic acids is 1. The van der Waals surface area contributed by atoms with Crippen LogP contribution in [0.3, 0.4) is 0 Å². The smallest absolute Gasteiger partial charge is 0.310 e. The van der Waals surface area contributed by atoms with Gasteiger partial charge >= 0.3 is 5.97 Å². The molecule has 0 aliphatic carbocycles. The van der Waals surface area contributed by atoms with Gasteiger partial charge in [0.2, 0.25) is 0 Å². The van der Waals surface area contributed by atoms with E-state index in [2.05, 4.69) is 15.3 Å². The Labute approximate surface area is 151 Å². The van der Waals surface area contributed by atoms with E-state index < -0.39 is 17.3 Å². The average Bonchev–Trinajstić information content (AvgIpc) is 2.61. The van der Waals surface area contributed by atoms with Gasteiger partial charge < -0.3 is 21.3 Å². The maximum atomic E-state index is 12.2. The Balaban J connectivity index is 2.17. The lowest BCUT2D eigenvalue weighted by atomic mass is 9.94. The van der Waals surface area contributed by atoms with E-state index in [4.69, 9.17) is 10.8 Å². The van der Waals surface area contributed by atoms with Crippen LogP contribution in [-0.2, 0) is 4.79 Å². The van der Waals surface area contributed by atoms with Crippen LogP contribution in [0.25, 0.3) is 5.57 Å². The largest absolute Gasteiger partial charge is 0.505 e. The number of nitrogens with one attached hydrogen (secondary N) is 1. The number of carboxylic acids is 1. The molecule has 2 heterocycles. The molecule has 1 aliphatic rings. The van der Waals surface area contributed by atoms with Crippen LogP contribution in [0.2, 0.25) is 0 Å². The average molecular weight is 360 g/mol. The lowest BCUT2D eigenvalue weighted by Crippen LogP contribution is -2.39. The molecule has 1 aromatic rings. The van der Waals surface area contributed by atoms with Crippen LogP contribution >= 0.6 is 0 Å². The third-order valence-corrected chi connectivity index (χ3v) is 4.27. The zero-order valence-electron chi connectivity index (χ0n) is 15.0. The van der Waals surface area contributed by atoms with Gasteiger partial charge in [0.15, 0.2) is 5.69 Å². The first-order chi connectivity index (χ1) is 12.3. The first-order valence-corrected chi connectivity index (χ1v) is 8.43. The van der Waals surface area contributed by atoms with Gasteiger partial charge in [-0.15, -0.1) is 0 Å². The Morgan fingerprint density at radius 3 is 2.65 bits per heavy atom. The van der Waals surface area contributed by atoms with E-state index in [-0.39, 0.29) is 18.0 Å². The number of rotatable bonds is 6. The minimum Gasteiger partial charge on any atom is -0.505 e. The fourth-order valence-corrected chi connectivity index (χ4v) is 2.51. The summed E-state index contributed by atoms with van der Waals surface area (Å²) in [5, 5.41) is 21.8. The molecule has 8 heteroatoms. The van der Waals surface area contributed by atoms with Crippen LogP contribution in [0.5, 0.6) is 5.75 Å². The molecular weight excluding hydrogens is 336 g/mol. The quantitative estimate of drug-likeness (QED) is 0.607. The van der Waals surface area contributed by atoms with E-state index in [1.165, 1.54) is 32.3 Å². The molecule has 8 nitrogen and oxygen atoms in total. The molecule has 1 amide bonds. The lowest BCUT2D eigenvalue weighted by Gasteiger charge is -2.19. The van der Waals surface area contributed by atoms with Crippen LogP contribution in [0.1, 0.15) is 49.2 Å². The van der Waals surface area contributed by atoms with E-state index in [9.17, 15) is 14.7 Å². The fraction of sp³-hybridized carbons (Fsp3) is 0.444. The molecule has 0 saturated heterocycles. The highest BCUT2D eigenvalue weighted by Gasteiger charge is 2.28. The highest BCUT2D eigenvalue weighted by molar-refractivity contribution is 6.24. The number of carbonyl (C=O) groups is 2. The van der Waals surface area contributed by atoms with Crippen LogP contribution in [0.4, 0.5) is 0 Å². The van der Waals surface area contributed by atoms with Crippen molar-refractivity contribution in [2.24, 2.45) is 16.1 Å². The van der Waals surface area contributed by atoms with Crippen molar-refractivity contribution in [1.82, 2.24) is 10.3 Å². The van der Waals surface area contributed by atoms with Gasteiger partial charge in [-0.25, -0.2) is 4.98 Å². The van der Waals surface area contributed by atoms with Crippen molar-refractivity contribution in [2.75, 3.05) is 13.1 Å². The summed E-state index contributed by atoms with van der Waals surface area (Å²) in [7, 11) is 0. The monoisotopic (exact) mass is 360 g/mol. The third kappa shape index (κ3) is 4.38. The number of carbonyl (C=O) groups excluding carboxylic acids is 1. The molecule has 26 heavy (non-hydrogen) atoms. The summed E-state index contributed by atoms with van der Waals surface area (Å²) in [6.07, 6.45) is 5.74. The molecule has 0 saturated carbocycles. The molecular formula is C18H24N4O4. The van der Waals surface area contributed by atoms with Crippen molar-refractivity contribution < 1.29 is 19.8 Å². The summed E-state index contributed by atoms with van der Waals surface area (Å²) in [5.74, 6) is -1.98. The van der Waals surface area contributed by atoms with Crippen LogP contribution in [0, 0.1) is 5.41 Å². The second kappa shape index (κ2) is 7.99. The van der Waals surface area contributed by atoms with Crippen molar-refractivity contribution >= 4 is 23.2 Å². The SMILES string of the molecule is CC(C)(CNC(=O)c1ncc(/C(=C/N)C2=NCCCC2)cc1O)C(=O)O. The van der Waals surface area contributed by atoms with Crippen molar-refractivity contribution in [1.29, 1.82) is 0 Å². The van der Waals surface area contributed by atoms with Crippen LogP contribution in [-0.4, -0.2) is 45.9 Å². The Bertz CT molecular complexity index is 768. The first-order valence-electron chi connectivity index (χ1n) is 8.43. The van der Waals surface area contributed by atoms with E-state index in [0.717, 1.165) is 31.5 Å². The zero-order chi connectivity index (χ0) is 19.3. The number of aromatic nitrogens is 1. The minimum atomic E-state index is -1.13. The summed E-state index contributed by atoms with van der Waals surface area (Å²) < 4.78 is 0. The van der Waals surface area contributed by atoms with Gasteiger partial charge in [-0.05, 0) is 39.2 Å². The molecule has 0 fully saturated rings. The van der Waals surface area contributed by atoms with Crippen LogP contribution in [0.15, 0.2) is 23.5 Å². The van der Waals surface area contributed by atoms with Gasteiger partial charge in [-0.2, -0.15) is 0 Å².